The number of nitrogens with one attached hydrogen (secondary N) is 1. The van der Waals surface area contributed by atoms with Crippen LogP contribution >= 0.6 is 0 Å². The summed E-state index contributed by atoms with van der Waals surface area (Å²) in [5.74, 6) is 0. The summed E-state index contributed by atoms with van der Waals surface area (Å²) in [4.78, 5) is 0. The van der Waals surface area contributed by atoms with Gasteiger partial charge in [-0.2, -0.15) is 0 Å². The molecule has 0 atom stereocenters. The first kappa shape index (κ1) is 9.65. The normalized spacial score (nSPS) is 7.71. The largest absolute Gasteiger partial charge is 0.317 e. The summed E-state index contributed by atoms with van der Waals surface area (Å²) in [6.07, 6.45) is 5.34. The fraction of sp³-hybridized carbons (Fsp3) is 0.500. The number of rotatable bonds is 1. The van der Waals surface area contributed by atoms with E-state index in [0.29, 0.717) is 0 Å². The average Bonchev–Trinajstić information content (AvgIpc) is 1.75. The Labute approximate surface area is 45.6 Å². The number of allylic oxidation sites excluding steroid dienone is 2. The molecule has 0 aliphatic heterocycles. The summed E-state index contributed by atoms with van der Waals surface area (Å²) >= 11 is 0. The van der Waals surface area contributed by atoms with Gasteiger partial charge in [0.2, 0.25) is 0 Å². The lowest BCUT2D eigenvalue weighted by atomic mass is 10.4. The van der Waals surface area contributed by atoms with E-state index in [1.807, 2.05) is 6.92 Å². The maximum Gasteiger partial charge on any atom is -0.0187 e. The van der Waals surface area contributed by atoms with Crippen molar-refractivity contribution in [3.63, 3.8) is 0 Å². The second-order valence-corrected chi connectivity index (χ2v) is 0.977. The minimum Gasteiger partial charge on any atom is -0.317 e. The first-order chi connectivity index (χ1) is 3.41. The molecule has 0 fully saturated rings. The Morgan fingerprint density at radius 2 is 2.00 bits per heavy atom. The van der Waals surface area contributed by atoms with E-state index < -0.39 is 0 Å². The van der Waals surface area contributed by atoms with Crippen LogP contribution in [0.15, 0.2) is 12.2 Å². The van der Waals surface area contributed by atoms with Crippen LogP contribution in [-0.2, 0) is 0 Å². The van der Waals surface area contributed by atoms with Gasteiger partial charge < -0.3 is 5.41 Å². The van der Waals surface area contributed by atoms with Crippen molar-refractivity contribution in [2.24, 2.45) is 0 Å². The van der Waals surface area contributed by atoms with Gasteiger partial charge in [-0.1, -0.05) is 19.1 Å². The Morgan fingerprint density at radius 3 is 2.00 bits per heavy atom. The molecular weight excluding hydrogens is 86.1 g/mol. The number of hydrogen-bond donors (Lipinski definition) is 1. The van der Waals surface area contributed by atoms with E-state index in [-0.39, 0.29) is 0 Å². The first-order valence-corrected chi connectivity index (χ1v) is 2.38. The summed E-state index contributed by atoms with van der Waals surface area (Å²) in [6, 6.07) is 0. The topological polar surface area (TPSA) is 23.9 Å². The quantitative estimate of drug-likeness (QED) is 0.385. The molecule has 0 rings (SSSR count). The molecule has 0 amide bonds. The van der Waals surface area contributed by atoms with Crippen molar-refractivity contribution >= 4 is 6.72 Å². The van der Waals surface area contributed by atoms with Gasteiger partial charge in [-0.05, 0) is 20.1 Å². The van der Waals surface area contributed by atoms with Crippen molar-refractivity contribution in [1.29, 1.82) is 5.41 Å². The standard InChI is InChI=1S/C5H10.CH3N/c1-3-5-4-2;1-2/h3,5H,4H2,1-2H3;2H,1H2/b5-3-;. The molecule has 0 saturated carbocycles. The van der Waals surface area contributed by atoms with E-state index in [1.54, 1.807) is 0 Å². The molecule has 0 heterocycles. The van der Waals surface area contributed by atoms with Gasteiger partial charge >= 0.3 is 0 Å². The Kier molecular flexibility index (Phi) is 25.0. The Balaban J connectivity index is 0. The van der Waals surface area contributed by atoms with Gasteiger partial charge in [-0.3, -0.25) is 0 Å². The molecule has 0 unspecified atom stereocenters. The van der Waals surface area contributed by atoms with Gasteiger partial charge in [0, 0.05) is 0 Å². The fourth-order valence-corrected chi connectivity index (χ4v) is 0.236. The van der Waals surface area contributed by atoms with Crippen LogP contribution in [0.3, 0.4) is 0 Å². The third kappa shape index (κ3) is 31.6. The molecule has 0 aromatic rings. The van der Waals surface area contributed by atoms with E-state index in [1.165, 1.54) is 0 Å². The molecule has 42 valence electrons. The van der Waals surface area contributed by atoms with Crippen molar-refractivity contribution in [3.8, 4) is 0 Å². The summed E-state index contributed by atoms with van der Waals surface area (Å²) in [7, 11) is 0. The monoisotopic (exact) mass is 99.1 g/mol. The van der Waals surface area contributed by atoms with E-state index in [9.17, 15) is 0 Å². The first-order valence-electron chi connectivity index (χ1n) is 2.38. The Morgan fingerprint density at radius 1 is 1.57 bits per heavy atom. The molecule has 0 bridgehead atoms. The van der Waals surface area contributed by atoms with E-state index >= 15 is 0 Å². The van der Waals surface area contributed by atoms with Gasteiger partial charge in [-0.25, -0.2) is 0 Å². The third-order valence-electron chi connectivity index (χ3n) is 0.471. The Bertz CT molecular complexity index is 39.4. The molecule has 7 heavy (non-hydrogen) atoms. The molecule has 1 heteroatoms. The Hall–Kier alpha value is -0.590. The van der Waals surface area contributed by atoms with E-state index in [2.05, 4.69) is 25.8 Å². The van der Waals surface area contributed by atoms with Crippen molar-refractivity contribution in [1.82, 2.24) is 0 Å². The van der Waals surface area contributed by atoms with Gasteiger partial charge in [0.25, 0.3) is 0 Å². The molecule has 0 aliphatic rings. The van der Waals surface area contributed by atoms with Crippen molar-refractivity contribution in [2.75, 3.05) is 0 Å². The maximum atomic E-state index is 5.50. The highest BCUT2D eigenvalue weighted by Crippen LogP contribution is 1.73. The predicted octanol–water partition coefficient (Wildman–Crippen LogP) is 2.24. The van der Waals surface area contributed by atoms with Crippen LogP contribution in [0, 0.1) is 5.41 Å². The van der Waals surface area contributed by atoms with Crippen LogP contribution in [0.2, 0.25) is 0 Å². The molecule has 1 N–H and O–H groups in total. The molecule has 0 aromatic carbocycles. The highest BCUT2D eigenvalue weighted by atomic mass is 14.2. The van der Waals surface area contributed by atoms with Crippen LogP contribution in [0.5, 0.6) is 0 Å². The molecule has 0 saturated heterocycles. The lowest BCUT2D eigenvalue weighted by Gasteiger charge is -1.65. The summed E-state index contributed by atoms with van der Waals surface area (Å²) < 4.78 is 0. The maximum absolute atomic E-state index is 5.50. The fourth-order valence-electron chi connectivity index (χ4n) is 0.236. The highest BCUT2D eigenvalue weighted by Gasteiger charge is 1.52. The third-order valence-corrected chi connectivity index (χ3v) is 0.471. The van der Waals surface area contributed by atoms with Crippen LogP contribution in [0.1, 0.15) is 20.3 Å². The molecule has 1 nitrogen and oxygen atoms in total. The summed E-state index contributed by atoms with van der Waals surface area (Å²) in [5.41, 5.74) is 0. The SMILES string of the molecule is C/C=C\CC.C=N. The van der Waals surface area contributed by atoms with E-state index in [4.69, 9.17) is 5.41 Å². The van der Waals surface area contributed by atoms with Gasteiger partial charge in [0.05, 0.1) is 0 Å². The smallest absolute Gasteiger partial charge is 0.0187 e. The molecule has 0 radical (unpaired) electrons. The zero-order valence-corrected chi connectivity index (χ0v) is 5.07. The minimum atomic E-state index is 1.16. The van der Waals surface area contributed by atoms with Crippen molar-refractivity contribution in [3.05, 3.63) is 12.2 Å². The minimum absolute atomic E-state index is 1.16. The molecular formula is C6H13N. The molecule has 0 aliphatic carbocycles. The average molecular weight is 99.2 g/mol. The van der Waals surface area contributed by atoms with Crippen LogP contribution in [-0.4, -0.2) is 6.72 Å². The second-order valence-electron chi connectivity index (χ2n) is 0.977. The van der Waals surface area contributed by atoms with E-state index in [0.717, 1.165) is 6.42 Å². The zero-order chi connectivity index (χ0) is 6.12. The summed E-state index contributed by atoms with van der Waals surface area (Å²) in [5, 5.41) is 5.50. The van der Waals surface area contributed by atoms with Gasteiger partial charge in [0.15, 0.2) is 0 Å². The van der Waals surface area contributed by atoms with Crippen molar-refractivity contribution < 1.29 is 0 Å². The molecule has 0 aromatic heterocycles. The van der Waals surface area contributed by atoms with Gasteiger partial charge in [0.1, 0.15) is 0 Å². The zero-order valence-electron chi connectivity index (χ0n) is 5.07. The predicted molar refractivity (Wildman–Crippen MR) is 34.9 cm³/mol. The summed E-state index contributed by atoms with van der Waals surface area (Å²) in [6.45, 7) is 6.66. The second kappa shape index (κ2) is 18.1. The lowest BCUT2D eigenvalue weighted by molar-refractivity contribution is 1.22. The lowest BCUT2D eigenvalue weighted by Crippen LogP contribution is -1.43. The highest BCUT2D eigenvalue weighted by molar-refractivity contribution is 5.15. The number of hydrogen-bond acceptors (Lipinski definition) is 1. The van der Waals surface area contributed by atoms with Crippen LogP contribution < -0.4 is 0 Å². The van der Waals surface area contributed by atoms with Gasteiger partial charge in [-0.15, -0.1) is 0 Å². The van der Waals surface area contributed by atoms with Crippen LogP contribution in [0.25, 0.3) is 0 Å². The molecule has 0 spiro atoms. The van der Waals surface area contributed by atoms with Crippen LogP contribution in [0.4, 0.5) is 0 Å². The van der Waals surface area contributed by atoms with Crippen molar-refractivity contribution in [2.45, 2.75) is 20.3 Å².